The fraction of sp³-hybridized carbons (Fsp3) is 0.0526. The molecule has 24 heavy (non-hydrogen) atoms. The minimum absolute atomic E-state index is 0.194. The number of ether oxygens (including phenoxy) is 1. The van der Waals surface area contributed by atoms with E-state index in [1.807, 2.05) is 24.3 Å². The predicted octanol–water partition coefficient (Wildman–Crippen LogP) is 4.57. The van der Waals surface area contributed by atoms with Crippen LogP contribution >= 0.6 is 11.6 Å². The van der Waals surface area contributed by atoms with Crippen LogP contribution in [-0.2, 0) is 6.61 Å². The fourth-order valence-corrected chi connectivity index (χ4v) is 2.31. The molecule has 0 radical (unpaired) electrons. The maximum absolute atomic E-state index is 12.2. The Morgan fingerprint density at radius 1 is 1.04 bits per heavy atom. The first kappa shape index (κ1) is 16.0. The Kier molecular flexibility index (Phi) is 5.08. The summed E-state index contributed by atoms with van der Waals surface area (Å²) in [6, 6.07) is 18.0. The molecule has 2 aromatic carbocycles. The van der Waals surface area contributed by atoms with Crippen molar-refractivity contribution in [2.24, 2.45) is 0 Å². The average Bonchev–Trinajstić information content (AvgIpc) is 2.62. The number of carbonyl (C=O) groups excluding carboxylic acids is 1. The number of pyridine rings is 1. The van der Waals surface area contributed by atoms with Crippen LogP contribution in [0.4, 0.5) is 5.69 Å². The lowest BCUT2D eigenvalue weighted by Crippen LogP contribution is -2.11. The van der Waals surface area contributed by atoms with Crippen molar-refractivity contribution in [3.8, 4) is 5.75 Å². The Morgan fingerprint density at radius 2 is 1.83 bits per heavy atom. The van der Waals surface area contributed by atoms with Crippen molar-refractivity contribution in [2.75, 3.05) is 5.32 Å². The van der Waals surface area contributed by atoms with Gasteiger partial charge in [0.05, 0.1) is 11.9 Å². The second-order valence-electron chi connectivity index (χ2n) is 5.10. The topological polar surface area (TPSA) is 51.2 Å². The maximum atomic E-state index is 12.2. The first-order valence-corrected chi connectivity index (χ1v) is 7.78. The number of nitrogens with one attached hydrogen (secondary N) is 1. The van der Waals surface area contributed by atoms with Crippen molar-refractivity contribution in [1.29, 1.82) is 0 Å². The quantitative estimate of drug-likeness (QED) is 0.741. The van der Waals surface area contributed by atoms with Crippen LogP contribution in [0.5, 0.6) is 5.75 Å². The molecule has 3 rings (SSSR count). The van der Waals surface area contributed by atoms with Gasteiger partial charge in [0.15, 0.2) is 0 Å². The van der Waals surface area contributed by atoms with E-state index in [2.05, 4.69) is 10.3 Å². The molecule has 1 amide bonds. The summed E-state index contributed by atoms with van der Waals surface area (Å²) in [5, 5.41) is 3.45. The molecule has 3 aromatic rings. The van der Waals surface area contributed by atoms with Gasteiger partial charge in [-0.05, 0) is 42.5 Å². The average molecular weight is 339 g/mol. The minimum atomic E-state index is -0.194. The van der Waals surface area contributed by atoms with Crippen molar-refractivity contribution >= 4 is 23.2 Å². The molecule has 0 unspecified atom stereocenters. The molecule has 0 aliphatic carbocycles. The van der Waals surface area contributed by atoms with Gasteiger partial charge in [0.25, 0.3) is 5.91 Å². The Balaban J connectivity index is 1.61. The number of benzene rings is 2. The highest BCUT2D eigenvalue weighted by molar-refractivity contribution is 6.31. The zero-order chi connectivity index (χ0) is 16.8. The first-order valence-electron chi connectivity index (χ1n) is 7.40. The standard InChI is InChI=1S/C19H15ClN2O2/c20-18-6-2-1-4-15(18)13-24-17-9-7-14(8-10-17)19(23)22-16-5-3-11-21-12-16/h1-12H,13H2,(H,22,23). The van der Waals surface area contributed by atoms with E-state index < -0.39 is 0 Å². The van der Waals surface area contributed by atoms with E-state index in [9.17, 15) is 4.79 Å². The van der Waals surface area contributed by atoms with Crippen molar-refractivity contribution < 1.29 is 9.53 Å². The molecule has 4 nitrogen and oxygen atoms in total. The molecule has 1 heterocycles. The molecule has 1 N–H and O–H groups in total. The largest absolute Gasteiger partial charge is 0.489 e. The van der Waals surface area contributed by atoms with Gasteiger partial charge in [-0.2, -0.15) is 0 Å². The SMILES string of the molecule is O=C(Nc1cccnc1)c1ccc(OCc2ccccc2Cl)cc1. The Morgan fingerprint density at radius 3 is 2.54 bits per heavy atom. The lowest BCUT2D eigenvalue weighted by atomic mass is 10.2. The van der Waals surface area contributed by atoms with Crippen LogP contribution < -0.4 is 10.1 Å². The smallest absolute Gasteiger partial charge is 0.255 e. The van der Waals surface area contributed by atoms with Crippen LogP contribution in [-0.4, -0.2) is 10.9 Å². The molecule has 0 saturated carbocycles. The molecule has 1 aromatic heterocycles. The highest BCUT2D eigenvalue weighted by atomic mass is 35.5. The lowest BCUT2D eigenvalue weighted by molar-refractivity contribution is 0.102. The number of nitrogens with zero attached hydrogens (tertiary/aromatic N) is 1. The molecular weight excluding hydrogens is 324 g/mol. The van der Waals surface area contributed by atoms with E-state index >= 15 is 0 Å². The van der Waals surface area contributed by atoms with Gasteiger partial charge < -0.3 is 10.1 Å². The molecule has 0 aliphatic heterocycles. The van der Waals surface area contributed by atoms with Crippen LogP contribution in [0.1, 0.15) is 15.9 Å². The van der Waals surface area contributed by atoms with Crippen LogP contribution in [0.2, 0.25) is 5.02 Å². The summed E-state index contributed by atoms with van der Waals surface area (Å²) in [5.74, 6) is 0.480. The molecule has 120 valence electrons. The van der Waals surface area contributed by atoms with Crippen LogP contribution in [0.15, 0.2) is 73.1 Å². The van der Waals surface area contributed by atoms with Gasteiger partial charge >= 0.3 is 0 Å². The molecule has 5 heteroatoms. The summed E-state index contributed by atoms with van der Waals surface area (Å²) in [7, 11) is 0. The number of halogens is 1. The molecule has 0 bridgehead atoms. The zero-order valence-corrected chi connectivity index (χ0v) is 13.5. The van der Waals surface area contributed by atoms with Gasteiger partial charge in [0, 0.05) is 22.3 Å². The van der Waals surface area contributed by atoms with Crippen molar-refractivity contribution in [2.45, 2.75) is 6.61 Å². The van der Waals surface area contributed by atoms with Gasteiger partial charge in [0.2, 0.25) is 0 Å². The molecule has 0 saturated heterocycles. The van der Waals surface area contributed by atoms with E-state index in [-0.39, 0.29) is 5.91 Å². The fourth-order valence-electron chi connectivity index (χ4n) is 2.12. The Labute approximate surface area is 145 Å². The van der Waals surface area contributed by atoms with Gasteiger partial charge in [-0.15, -0.1) is 0 Å². The third-order valence-electron chi connectivity index (χ3n) is 3.39. The van der Waals surface area contributed by atoms with Crippen molar-refractivity contribution in [1.82, 2.24) is 4.98 Å². The van der Waals surface area contributed by atoms with E-state index in [1.165, 1.54) is 0 Å². The third kappa shape index (κ3) is 4.12. The van der Waals surface area contributed by atoms with E-state index in [4.69, 9.17) is 16.3 Å². The predicted molar refractivity (Wildman–Crippen MR) is 94.4 cm³/mol. The summed E-state index contributed by atoms with van der Waals surface area (Å²) >= 11 is 6.10. The van der Waals surface area contributed by atoms with Crippen molar-refractivity contribution in [3.63, 3.8) is 0 Å². The molecule has 0 spiro atoms. The number of hydrogen-bond acceptors (Lipinski definition) is 3. The number of hydrogen-bond donors (Lipinski definition) is 1. The first-order chi connectivity index (χ1) is 11.7. The highest BCUT2D eigenvalue weighted by Gasteiger charge is 2.07. The second-order valence-corrected chi connectivity index (χ2v) is 5.51. The van der Waals surface area contributed by atoms with Gasteiger partial charge in [0.1, 0.15) is 12.4 Å². The minimum Gasteiger partial charge on any atom is -0.489 e. The number of aromatic nitrogens is 1. The number of carbonyl (C=O) groups is 1. The van der Waals surface area contributed by atoms with Gasteiger partial charge in [-0.3, -0.25) is 9.78 Å². The van der Waals surface area contributed by atoms with Crippen LogP contribution in [0.3, 0.4) is 0 Å². The maximum Gasteiger partial charge on any atom is 0.255 e. The monoisotopic (exact) mass is 338 g/mol. The molecule has 0 fully saturated rings. The molecule has 0 atom stereocenters. The Hall–Kier alpha value is -2.85. The second kappa shape index (κ2) is 7.62. The summed E-state index contributed by atoms with van der Waals surface area (Å²) in [6.45, 7) is 0.376. The van der Waals surface area contributed by atoms with E-state index in [0.717, 1.165) is 5.56 Å². The Bertz CT molecular complexity index is 820. The lowest BCUT2D eigenvalue weighted by Gasteiger charge is -2.09. The highest BCUT2D eigenvalue weighted by Crippen LogP contribution is 2.19. The summed E-state index contributed by atoms with van der Waals surface area (Å²) in [6.07, 6.45) is 3.25. The van der Waals surface area contributed by atoms with Crippen molar-refractivity contribution in [3.05, 3.63) is 89.2 Å². The van der Waals surface area contributed by atoms with E-state index in [1.54, 1.807) is 48.8 Å². The number of anilines is 1. The van der Waals surface area contributed by atoms with Crippen LogP contribution in [0, 0.1) is 0 Å². The number of rotatable bonds is 5. The van der Waals surface area contributed by atoms with E-state index in [0.29, 0.717) is 28.6 Å². The summed E-state index contributed by atoms with van der Waals surface area (Å²) in [4.78, 5) is 16.1. The molecular formula is C19H15ClN2O2. The third-order valence-corrected chi connectivity index (χ3v) is 3.76. The normalized spacial score (nSPS) is 10.2. The number of amides is 1. The van der Waals surface area contributed by atoms with Crippen LogP contribution in [0.25, 0.3) is 0 Å². The summed E-state index contributed by atoms with van der Waals surface area (Å²) < 4.78 is 5.70. The molecule has 0 aliphatic rings. The van der Waals surface area contributed by atoms with Gasteiger partial charge in [-0.25, -0.2) is 0 Å². The zero-order valence-electron chi connectivity index (χ0n) is 12.8. The summed E-state index contributed by atoms with van der Waals surface area (Å²) in [5.41, 5.74) is 2.11. The van der Waals surface area contributed by atoms with Gasteiger partial charge in [-0.1, -0.05) is 29.8 Å².